The fraction of sp³-hybridized carbons (Fsp3) is 0.545. The van der Waals surface area contributed by atoms with Gasteiger partial charge in [0.25, 0.3) is 0 Å². The van der Waals surface area contributed by atoms with E-state index in [0.29, 0.717) is 0 Å². The number of rotatable bonds is 2. The van der Waals surface area contributed by atoms with E-state index in [2.05, 4.69) is 4.98 Å². The van der Waals surface area contributed by atoms with Gasteiger partial charge in [-0.05, 0) is 40.8 Å². The summed E-state index contributed by atoms with van der Waals surface area (Å²) >= 11 is 0. The largest absolute Gasteiger partial charge is 0.367 e. The van der Waals surface area contributed by atoms with Gasteiger partial charge in [0.2, 0.25) is 0 Å². The minimum Gasteiger partial charge on any atom is -0.358 e. The van der Waals surface area contributed by atoms with Crippen molar-refractivity contribution in [2.75, 3.05) is 0 Å². The van der Waals surface area contributed by atoms with Gasteiger partial charge in [-0.25, -0.2) is 0 Å². The van der Waals surface area contributed by atoms with Gasteiger partial charge in [0.15, 0.2) is 5.69 Å². The molecule has 1 aromatic heterocycles. The van der Waals surface area contributed by atoms with Crippen LogP contribution in [-0.2, 0) is 0 Å². The normalized spacial score (nSPS) is 10.8. The van der Waals surface area contributed by atoms with Crippen molar-refractivity contribution in [3.8, 4) is 0 Å². The lowest BCUT2D eigenvalue weighted by Gasteiger charge is -2.12. The summed E-state index contributed by atoms with van der Waals surface area (Å²) in [5.74, 6) is 0.128. The van der Waals surface area contributed by atoms with Crippen LogP contribution in [0.2, 0.25) is 0 Å². The van der Waals surface area contributed by atoms with Gasteiger partial charge in [-0.1, -0.05) is 13.8 Å². The van der Waals surface area contributed by atoms with Gasteiger partial charge < -0.3 is 10.1 Å². The number of pyridine rings is 1. The van der Waals surface area contributed by atoms with E-state index in [1.54, 1.807) is 6.92 Å². The van der Waals surface area contributed by atoms with Crippen molar-refractivity contribution >= 4 is 5.82 Å². The Morgan fingerprint density at radius 1 is 1.20 bits per heavy atom. The molecule has 1 aromatic rings. The van der Waals surface area contributed by atoms with Crippen LogP contribution in [0, 0.1) is 30.9 Å². The number of aromatic nitrogens is 1. The Bertz CT molecular complexity index is 412. The summed E-state index contributed by atoms with van der Waals surface area (Å²) in [6, 6.07) is 0. The lowest BCUT2D eigenvalue weighted by molar-refractivity contribution is -0.390. The van der Waals surface area contributed by atoms with Gasteiger partial charge >= 0.3 is 5.82 Å². The number of hydrogen-bond donors (Lipinski definition) is 0. The van der Waals surface area contributed by atoms with Crippen molar-refractivity contribution in [1.82, 2.24) is 4.98 Å². The first-order valence-electron chi connectivity index (χ1n) is 4.98. The van der Waals surface area contributed by atoms with Gasteiger partial charge in [-0.2, -0.15) is 0 Å². The van der Waals surface area contributed by atoms with Crippen molar-refractivity contribution in [2.45, 2.75) is 40.5 Å². The average molecular weight is 208 g/mol. The van der Waals surface area contributed by atoms with E-state index < -0.39 is 4.92 Å². The second kappa shape index (κ2) is 3.96. The molecule has 1 heterocycles. The molecule has 1 rings (SSSR count). The van der Waals surface area contributed by atoms with Crippen molar-refractivity contribution in [3.63, 3.8) is 0 Å². The second-order valence-corrected chi connectivity index (χ2v) is 4.10. The summed E-state index contributed by atoms with van der Waals surface area (Å²) in [5, 5.41) is 10.9. The number of aryl methyl sites for hydroxylation is 1. The third-order valence-corrected chi connectivity index (χ3v) is 2.77. The molecule has 0 aromatic carbocycles. The third kappa shape index (κ3) is 1.98. The minimum absolute atomic E-state index is 0.00519. The molecule has 0 saturated heterocycles. The molecule has 0 bridgehead atoms. The Labute approximate surface area is 89.5 Å². The predicted molar refractivity (Wildman–Crippen MR) is 59.2 cm³/mol. The van der Waals surface area contributed by atoms with E-state index >= 15 is 0 Å². The van der Waals surface area contributed by atoms with E-state index in [1.165, 1.54) is 0 Å². The summed E-state index contributed by atoms with van der Waals surface area (Å²) in [6.07, 6.45) is 0. The molecule has 0 amide bonds. The van der Waals surface area contributed by atoms with Crippen molar-refractivity contribution in [2.24, 2.45) is 0 Å². The number of nitrogens with zero attached hydrogens (tertiary/aromatic N) is 2. The van der Waals surface area contributed by atoms with Crippen LogP contribution in [0.4, 0.5) is 5.82 Å². The van der Waals surface area contributed by atoms with E-state index in [-0.39, 0.29) is 11.7 Å². The first kappa shape index (κ1) is 11.6. The highest BCUT2D eigenvalue weighted by Gasteiger charge is 2.23. The zero-order valence-corrected chi connectivity index (χ0v) is 9.79. The first-order chi connectivity index (χ1) is 6.86. The zero-order chi connectivity index (χ0) is 11.7. The molecule has 82 valence electrons. The van der Waals surface area contributed by atoms with Crippen LogP contribution in [0.15, 0.2) is 0 Å². The van der Waals surface area contributed by atoms with Crippen LogP contribution >= 0.6 is 0 Å². The van der Waals surface area contributed by atoms with E-state index in [0.717, 1.165) is 22.4 Å². The molecule has 4 heteroatoms. The highest BCUT2D eigenvalue weighted by molar-refractivity contribution is 5.47. The quantitative estimate of drug-likeness (QED) is 0.554. The topological polar surface area (TPSA) is 56.0 Å². The van der Waals surface area contributed by atoms with Crippen LogP contribution in [0.1, 0.15) is 42.1 Å². The van der Waals surface area contributed by atoms with Crippen molar-refractivity contribution in [3.05, 3.63) is 32.5 Å². The Morgan fingerprint density at radius 3 is 2.13 bits per heavy atom. The summed E-state index contributed by atoms with van der Waals surface area (Å²) in [4.78, 5) is 14.5. The number of nitro groups is 1. The predicted octanol–water partition coefficient (Wildman–Crippen LogP) is 3.04. The van der Waals surface area contributed by atoms with Gasteiger partial charge in [-0.15, -0.1) is 0 Å². The third-order valence-electron chi connectivity index (χ3n) is 2.77. The van der Waals surface area contributed by atoms with E-state index in [9.17, 15) is 10.1 Å². The van der Waals surface area contributed by atoms with Crippen molar-refractivity contribution < 1.29 is 4.92 Å². The Hall–Kier alpha value is -1.45. The fourth-order valence-electron chi connectivity index (χ4n) is 1.77. The summed E-state index contributed by atoms with van der Waals surface area (Å²) in [7, 11) is 0. The monoisotopic (exact) mass is 208 g/mol. The van der Waals surface area contributed by atoms with Gasteiger partial charge in [-0.3, -0.25) is 0 Å². The molecule has 15 heavy (non-hydrogen) atoms. The summed E-state index contributed by atoms with van der Waals surface area (Å²) in [6.45, 7) is 9.58. The van der Waals surface area contributed by atoms with Crippen LogP contribution in [0.5, 0.6) is 0 Å². The molecular formula is C11H16N2O2. The number of hydrogen-bond acceptors (Lipinski definition) is 3. The molecule has 0 aliphatic heterocycles. The second-order valence-electron chi connectivity index (χ2n) is 4.10. The lowest BCUT2D eigenvalue weighted by atomic mass is 9.95. The highest BCUT2D eigenvalue weighted by Crippen LogP contribution is 2.30. The van der Waals surface area contributed by atoms with Gasteiger partial charge in [0, 0.05) is 6.92 Å². The zero-order valence-electron chi connectivity index (χ0n) is 9.79. The molecule has 0 N–H and O–H groups in total. The maximum Gasteiger partial charge on any atom is 0.367 e. The Kier molecular flexibility index (Phi) is 3.07. The van der Waals surface area contributed by atoms with Crippen LogP contribution < -0.4 is 0 Å². The van der Waals surface area contributed by atoms with E-state index in [4.69, 9.17) is 0 Å². The highest BCUT2D eigenvalue weighted by atomic mass is 16.6. The molecule has 0 saturated carbocycles. The fourth-order valence-corrected chi connectivity index (χ4v) is 1.77. The smallest absolute Gasteiger partial charge is 0.358 e. The van der Waals surface area contributed by atoms with Crippen molar-refractivity contribution in [1.29, 1.82) is 0 Å². The van der Waals surface area contributed by atoms with Crippen LogP contribution in [-0.4, -0.2) is 9.91 Å². The molecule has 4 nitrogen and oxygen atoms in total. The van der Waals surface area contributed by atoms with Crippen LogP contribution in [0.25, 0.3) is 0 Å². The molecule has 0 spiro atoms. The molecule has 0 aliphatic carbocycles. The first-order valence-corrected chi connectivity index (χ1v) is 4.98. The summed E-state index contributed by atoms with van der Waals surface area (Å²) < 4.78 is 0. The molecular weight excluding hydrogens is 192 g/mol. The molecule has 0 atom stereocenters. The molecule has 0 aliphatic rings. The maximum absolute atomic E-state index is 10.9. The molecule has 0 unspecified atom stereocenters. The Morgan fingerprint density at radius 2 is 1.73 bits per heavy atom. The summed E-state index contributed by atoms with van der Waals surface area (Å²) in [5.41, 5.74) is 3.53. The standard InChI is InChI=1S/C11H16N2O2/c1-6(2)10-8(4)7(3)9(5)12-11(10)13(14)15/h6H,1-5H3. The molecule has 0 fully saturated rings. The minimum atomic E-state index is -0.394. The lowest BCUT2D eigenvalue weighted by Crippen LogP contribution is -2.06. The molecule has 0 radical (unpaired) electrons. The average Bonchev–Trinajstić information content (AvgIpc) is 2.12. The Balaban J connectivity index is 3.58. The van der Waals surface area contributed by atoms with Gasteiger partial charge in [0.05, 0.1) is 5.56 Å². The maximum atomic E-state index is 10.9. The SMILES string of the molecule is Cc1nc([N+](=O)[O-])c(C(C)C)c(C)c1C. The van der Waals surface area contributed by atoms with E-state index in [1.807, 2.05) is 27.7 Å². The van der Waals surface area contributed by atoms with Crippen LogP contribution in [0.3, 0.4) is 0 Å². The van der Waals surface area contributed by atoms with Gasteiger partial charge in [0.1, 0.15) is 0 Å².